The minimum atomic E-state index is -0.628. The molecule has 1 aromatic heterocycles. The van der Waals surface area contributed by atoms with Crippen LogP contribution >= 0.6 is 11.6 Å². The van der Waals surface area contributed by atoms with E-state index in [4.69, 9.17) is 16.3 Å². The Bertz CT molecular complexity index is 986. The summed E-state index contributed by atoms with van der Waals surface area (Å²) in [4.78, 5) is 18.9. The third-order valence-corrected chi connectivity index (χ3v) is 4.68. The van der Waals surface area contributed by atoms with Crippen molar-refractivity contribution in [2.24, 2.45) is 0 Å². The van der Waals surface area contributed by atoms with Gasteiger partial charge in [-0.15, -0.1) is 0 Å². The topological polar surface area (TPSA) is 42.4 Å². The number of hydrogen-bond donors (Lipinski definition) is 0. The molecule has 2 aromatic carbocycles. The van der Waals surface area contributed by atoms with Crippen molar-refractivity contribution >= 4 is 34.2 Å². The van der Waals surface area contributed by atoms with Crippen LogP contribution in [0.1, 0.15) is 15.9 Å². The smallest absolute Gasteiger partial charge is 0.263 e. The van der Waals surface area contributed by atoms with Gasteiger partial charge in [-0.3, -0.25) is 9.69 Å². The lowest BCUT2D eigenvalue weighted by Gasteiger charge is -2.18. The molecule has 0 radical (unpaired) electrons. The summed E-state index contributed by atoms with van der Waals surface area (Å²) in [5.41, 5.74) is 1.58. The van der Waals surface area contributed by atoms with E-state index < -0.39 is 11.7 Å². The molecule has 126 valence electrons. The number of methoxy groups -OCH3 is 1. The minimum absolute atomic E-state index is 0.101. The van der Waals surface area contributed by atoms with Gasteiger partial charge in [0.1, 0.15) is 17.4 Å². The first-order chi connectivity index (χ1) is 12.1. The van der Waals surface area contributed by atoms with E-state index >= 15 is 0 Å². The Morgan fingerprint density at radius 2 is 2.12 bits per heavy atom. The number of amides is 1. The molecule has 0 N–H and O–H groups in total. The largest absolute Gasteiger partial charge is 0.497 e. The van der Waals surface area contributed by atoms with E-state index in [9.17, 15) is 9.18 Å². The summed E-state index contributed by atoms with van der Waals surface area (Å²) in [5.74, 6) is 0.207. The van der Waals surface area contributed by atoms with E-state index in [1.807, 2.05) is 24.3 Å². The van der Waals surface area contributed by atoms with Crippen molar-refractivity contribution in [3.63, 3.8) is 0 Å². The van der Waals surface area contributed by atoms with E-state index in [0.717, 1.165) is 22.2 Å². The molecule has 0 unspecified atom stereocenters. The van der Waals surface area contributed by atoms with Crippen LogP contribution in [0, 0.1) is 5.82 Å². The molecule has 1 aliphatic rings. The number of benzene rings is 2. The van der Waals surface area contributed by atoms with Crippen LogP contribution in [0.2, 0.25) is 5.02 Å². The van der Waals surface area contributed by atoms with Gasteiger partial charge in [0.15, 0.2) is 0 Å². The number of halogens is 2. The van der Waals surface area contributed by atoms with Crippen molar-refractivity contribution in [1.29, 1.82) is 0 Å². The average molecular weight is 357 g/mol. The predicted octanol–water partition coefficient (Wildman–Crippen LogP) is 4.24. The number of rotatable bonds is 2. The normalized spacial score (nSPS) is 13.2. The van der Waals surface area contributed by atoms with Crippen LogP contribution in [0.25, 0.3) is 10.9 Å². The highest BCUT2D eigenvalue weighted by Gasteiger charge is 2.30. The van der Waals surface area contributed by atoms with Gasteiger partial charge < -0.3 is 4.74 Å². The van der Waals surface area contributed by atoms with Gasteiger partial charge in [0.2, 0.25) is 0 Å². The Hall–Kier alpha value is -2.66. The molecule has 4 rings (SSSR count). The molecule has 1 aliphatic heterocycles. The van der Waals surface area contributed by atoms with Gasteiger partial charge >= 0.3 is 0 Å². The molecule has 1 amide bonds. The second-order valence-corrected chi connectivity index (χ2v) is 6.24. The molecule has 3 aromatic rings. The third kappa shape index (κ3) is 2.61. The average Bonchev–Trinajstić information content (AvgIpc) is 3.01. The number of carbonyl (C=O) groups excluding carboxylic acids is 1. The molecule has 0 saturated carbocycles. The SMILES string of the molecule is COc1ccc2nc3c(cc2c1)CCN3C(=O)c1c(F)cccc1Cl. The zero-order chi connectivity index (χ0) is 17.6. The maximum Gasteiger partial charge on any atom is 0.263 e. The second kappa shape index (κ2) is 6.01. The van der Waals surface area contributed by atoms with Gasteiger partial charge in [-0.2, -0.15) is 0 Å². The van der Waals surface area contributed by atoms with Crippen LogP contribution in [-0.2, 0) is 6.42 Å². The number of fused-ring (bicyclic) bond motifs is 2. The van der Waals surface area contributed by atoms with E-state index in [1.165, 1.54) is 23.1 Å². The molecule has 0 spiro atoms. The number of carbonyl (C=O) groups is 1. The van der Waals surface area contributed by atoms with Gasteiger partial charge in [-0.1, -0.05) is 17.7 Å². The van der Waals surface area contributed by atoms with Crippen molar-refractivity contribution in [1.82, 2.24) is 4.98 Å². The van der Waals surface area contributed by atoms with Gasteiger partial charge in [0, 0.05) is 11.9 Å². The summed E-state index contributed by atoms with van der Waals surface area (Å²) in [5, 5.41) is 1.04. The number of anilines is 1. The molecule has 0 saturated heterocycles. The van der Waals surface area contributed by atoms with Crippen molar-refractivity contribution in [2.75, 3.05) is 18.6 Å². The first kappa shape index (κ1) is 15.8. The van der Waals surface area contributed by atoms with Gasteiger partial charge in [-0.25, -0.2) is 9.37 Å². The summed E-state index contributed by atoms with van der Waals surface area (Å²) < 4.78 is 19.3. The van der Waals surface area contributed by atoms with E-state index in [2.05, 4.69) is 4.98 Å². The fraction of sp³-hybridized carbons (Fsp3) is 0.158. The highest BCUT2D eigenvalue weighted by molar-refractivity contribution is 6.34. The summed E-state index contributed by atoms with van der Waals surface area (Å²) in [7, 11) is 1.61. The summed E-state index contributed by atoms with van der Waals surface area (Å²) in [6.45, 7) is 0.444. The zero-order valence-corrected chi connectivity index (χ0v) is 14.2. The van der Waals surface area contributed by atoms with Crippen LogP contribution in [0.4, 0.5) is 10.2 Å². The van der Waals surface area contributed by atoms with Crippen LogP contribution in [-0.4, -0.2) is 24.5 Å². The Morgan fingerprint density at radius 1 is 1.28 bits per heavy atom. The van der Waals surface area contributed by atoms with Crippen molar-refractivity contribution in [3.05, 3.63) is 64.4 Å². The lowest BCUT2D eigenvalue weighted by molar-refractivity contribution is 0.0985. The molecular weight excluding hydrogens is 343 g/mol. The molecule has 2 heterocycles. The minimum Gasteiger partial charge on any atom is -0.497 e. The summed E-state index contributed by atoms with van der Waals surface area (Å²) >= 11 is 6.04. The molecule has 25 heavy (non-hydrogen) atoms. The second-order valence-electron chi connectivity index (χ2n) is 5.83. The Balaban J connectivity index is 1.79. The fourth-order valence-electron chi connectivity index (χ4n) is 3.11. The van der Waals surface area contributed by atoms with Crippen LogP contribution < -0.4 is 9.64 Å². The molecule has 0 aliphatic carbocycles. The number of ether oxygens (including phenoxy) is 1. The van der Waals surface area contributed by atoms with Gasteiger partial charge in [0.25, 0.3) is 5.91 Å². The number of nitrogens with zero attached hydrogens (tertiary/aromatic N) is 2. The van der Waals surface area contributed by atoms with Crippen LogP contribution in [0.15, 0.2) is 42.5 Å². The van der Waals surface area contributed by atoms with Crippen molar-refractivity contribution in [3.8, 4) is 5.75 Å². The van der Waals surface area contributed by atoms with Gasteiger partial charge in [0.05, 0.1) is 23.2 Å². The molecule has 4 nitrogen and oxygen atoms in total. The quantitative estimate of drug-likeness (QED) is 0.689. The molecule has 6 heteroatoms. The zero-order valence-electron chi connectivity index (χ0n) is 13.4. The van der Waals surface area contributed by atoms with E-state index in [0.29, 0.717) is 18.8 Å². The Kier molecular flexibility index (Phi) is 3.81. The van der Waals surface area contributed by atoms with E-state index in [-0.39, 0.29) is 10.6 Å². The number of aromatic nitrogens is 1. The predicted molar refractivity (Wildman–Crippen MR) is 95.1 cm³/mol. The fourth-order valence-corrected chi connectivity index (χ4v) is 3.35. The lowest BCUT2D eigenvalue weighted by Crippen LogP contribution is -2.30. The Labute approximate surface area is 148 Å². The molecule has 0 fully saturated rings. The van der Waals surface area contributed by atoms with E-state index in [1.54, 1.807) is 7.11 Å². The standard InChI is InChI=1S/C19H14ClFN2O2/c1-25-13-5-6-16-12(10-13)9-11-7-8-23(18(11)22-16)19(24)17-14(20)3-2-4-15(17)21/h2-6,9-10H,7-8H2,1H3. The highest BCUT2D eigenvalue weighted by atomic mass is 35.5. The number of pyridine rings is 1. The highest BCUT2D eigenvalue weighted by Crippen LogP contribution is 2.33. The van der Waals surface area contributed by atoms with Crippen molar-refractivity contribution < 1.29 is 13.9 Å². The maximum atomic E-state index is 14.1. The molecule has 0 atom stereocenters. The number of hydrogen-bond acceptors (Lipinski definition) is 3. The van der Waals surface area contributed by atoms with Crippen LogP contribution in [0.3, 0.4) is 0 Å². The Morgan fingerprint density at radius 3 is 2.88 bits per heavy atom. The molecular formula is C19H14ClFN2O2. The lowest BCUT2D eigenvalue weighted by atomic mass is 10.1. The summed E-state index contributed by atoms with van der Waals surface area (Å²) in [6, 6.07) is 11.8. The maximum absolute atomic E-state index is 14.1. The monoisotopic (exact) mass is 356 g/mol. The first-order valence-corrected chi connectivity index (χ1v) is 8.20. The summed E-state index contributed by atoms with van der Waals surface area (Å²) in [6.07, 6.45) is 0.660. The third-order valence-electron chi connectivity index (χ3n) is 4.36. The van der Waals surface area contributed by atoms with Gasteiger partial charge in [-0.05, 0) is 48.4 Å². The molecule has 0 bridgehead atoms. The first-order valence-electron chi connectivity index (χ1n) is 7.82. The van der Waals surface area contributed by atoms with Crippen molar-refractivity contribution in [2.45, 2.75) is 6.42 Å². The van der Waals surface area contributed by atoms with Crippen LogP contribution in [0.5, 0.6) is 5.75 Å².